The number of benzene rings is 1. The van der Waals surface area contributed by atoms with E-state index in [-0.39, 0.29) is 11.9 Å². The molecule has 4 heteroatoms. The van der Waals surface area contributed by atoms with Gasteiger partial charge >= 0.3 is 0 Å². The second-order valence-electron chi connectivity index (χ2n) is 4.12. The molecule has 0 amide bonds. The van der Waals surface area contributed by atoms with Crippen LogP contribution in [0.25, 0.3) is 0 Å². The highest BCUT2D eigenvalue weighted by molar-refractivity contribution is 9.10. The van der Waals surface area contributed by atoms with Crippen molar-refractivity contribution in [1.82, 2.24) is 0 Å². The van der Waals surface area contributed by atoms with Crippen LogP contribution in [0.2, 0.25) is 0 Å². The lowest BCUT2D eigenvalue weighted by Gasteiger charge is -2.15. The number of para-hydroxylation sites is 1. The molecule has 1 heterocycles. The molecule has 1 aromatic carbocycles. The number of hydrogen-bond donors (Lipinski definition) is 1. The van der Waals surface area contributed by atoms with Gasteiger partial charge in [-0.2, -0.15) is 0 Å². The molecule has 1 N–H and O–H groups in total. The van der Waals surface area contributed by atoms with Crippen molar-refractivity contribution >= 4 is 33.0 Å². The van der Waals surface area contributed by atoms with Crippen LogP contribution in [0, 0.1) is 5.82 Å². The molecule has 0 bridgehead atoms. The highest BCUT2D eigenvalue weighted by atomic mass is 79.9. The lowest BCUT2D eigenvalue weighted by molar-refractivity contribution is 0.627. The van der Waals surface area contributed by atoms with Gasteiger partial charge in [-0.05, 0) is 53.5 Å². The van der Waals surface area contributed by atoms with Crippen LogP contribution in [0.15, 0.2) is 34.8 Å². The Labute approximate surface area is 119 Å². The Balaban J connectivity index is 2.18. The number of aryl methyl sites for hydroxylation is 1. The minimum atomic E-state index is -0.233. The molecule has 0 aliphatic carbocycles. The fourth-order valence-corrected chi connectivity index (χ4v) is 3.15. The molecule has 0 spiro atoms. The number of halogens is 2. The third-order valence-corrected chi connectivity index (χ3v) is 4.85. The van der Waals surface area contributed by atoms with Gasteiger partial charge in [-0.1, -0.05) is 13.0 Å². The Morgan fingerprint density at radius 2 is 2.11 bits per heavy atom. The summed E-state index contributed by atoms with van der Waals surface area (Å²) in [5.74, 6) is -0.233. The van der Waals surface area contributed by atoms with Crippen LogP contribution < -0.4 is 5.32 Å². The smallest absolute Gasteiger partial charge is 0.147 e. The van der Waals surface area contributed by atoms with Gasteiger partial charge in [-0.3, -0.25) is 0 Å². The predicted octanol–water partition coefficient (Wildman–Crippen LogP) is 5.39. The van der Waals surface area contributed by atoms with E-state index in [0.717, 1.165) is 10.9 Å². The van der Waals surface area contributed by atoms with Gasteiger partial charge < -0.3 is 5.32 Å². The Hall–Kier alpha value is -0.870. The highest BCUT2D eigenvalue weighted by Gasteiger charge is 2.12. The van der Waals surface area contributed by atoms with Gasteiger partial charge in [-0.15, -0.1) is 11.3 Å². The average Bonchev–Trinajstić information content (AvgIpc) is 2.82. The van der Waals surface area contributed by atoms with Gasteiger partial charge in [0.25, 0.3) is 0 Å². The van der Waals surface area contributed by atoms with Crippen molar-refractivity contribution in [1.29, 1.82) is 0 Å². The number of thiophene rings is 1. The van der Waals surface area contributed by atoms with Gasteiger partial charge in [0.05, 0.1) is 11.7 Å². The first kappa shape index (κ1) is 13.6. The van der Waals surface area contributed by atoms with E-state index in [1.54, 1.807) is 17.4 Å². The van der Waals surface area contributed by atoms with E-state index in [2.05, 4.69) is 40.3 Å². The van der Waals surface area contributed by atoms with E-state index >= 15 is 0 Å². The van der Waals surface area contributed by atoms with Crippen molar-refractivity contribution in [2.45, 2.75) is 26.3 Å². The molecule has 1 aromatic heterocycles. The Morgan fingerprint density at radius 1 is 1.33 bits per heavy atom. The Morgan fingerprint density at radius 3 is 2.72 bits per heavy atom. The van der Waals surface area contributed by atoms with Gasteiger partial charge in [-0.25, -0.2) is 4.39 Å². The average molecular weight is 328 g/mol. The lowest BCUT2D eigenvalue weighted by Crippen LogP contribution is -2.07. The second kappa shape index (κ2) is 5.85. The summed E-state index contributed by atoms with van der Waals surface area (Å²) in [6.45, 7) is 4.19. The molecule has 2 rings (SSSR count). The summed E-state index contributed by atoms with van der Waals surface area (Å²) in [6, 6.07) is 9.33. The molecule has 0 aliphatic heterocycles. The Bertz CT molecular complexity index is 518. The largest absolute Gasteiger partial charge is 0.374 e. The minimum absolute atomic E-state index is 0.100. The van der Waals surface area contributed by atoms with Crippen LogP contribution in [0.4, 0.5) is 10.1 Å². The van der Waals surface area contributed by atoms with E-state index in [4.69, 9.17) is 0 Å². The molecule has 0 fully saturated rings. The Kier molecular flexibility index (Phi) is 4.40. The van der Waals surface area contributed by atoms with E-state index in [1.807, 2.05) is 13.0 Å². The third kappa shape index (κ3) is 2.93. The van der Waals surface area contributed by atoms with Crippen LogP contribution >= 0.6 is 27.3 Å². The standard InChI is InChI=1S/C14H15BrFNS/c1-3-10-7-8-13(18-10)9(2)17-14-11(15)5-4-6-12(14)16/h4-9,17H,3H2,1-2H3. The maximum atomic E-state index is 13.7. The zero-order chi connectivity index (χ0) is 13.1. The van der Waals surface area contributed by atoms with Crippen LogP contribution in [0.5, 0.6) is 0 Å². The summed E-state index contributed by atoms with van der Waals surface area (Å²) in [4.78, 5) is 2.58. The van der Waals surface area contributed by atoms with Gasteiger partial charge in [0, 0.05) is 14.2 Å². The van der Waals surface area contributed by atoms with Crippen molar-refractivity contribution < 1.29 is 4.39 Å². The molecule has 18 heavy (non-hydrogen) atoms. The maximum absolute atomic E-state index is 13.7. The van der Waals surface area contributed by atoms with Crippen LogP contribution in [-0.4, -0.2) is 0 Å². The molecule has 1 atom stereocenters. The fourth-order valence-electron chi connectivity index (χ4n) is 1.74. The van der Waals surface area contributed by atoms with Crippen molar-refractivity contribution in [3.8, 4) is 0 Å². The maximum Gasteiger partial charge on any atom is 0.147 e. The number of nitrogens with one attached hydrogen (secondary N) is 1. The SMILES string of the molecule is CCc1ccc(C(C)Nc2c(F)cccc2Br)s1. The molecule has 1 unspecified atom stereocenters. The fraction of sp³-hybridized carbons (Fsp3) is 0.286. The zero-order valence-electron chi connectivity index (χ0n) is 10.3. The van der Waals surface area contributed by atoms with Crippen molar-refractivity contribution in [2.75, 3.05) is 5.32 Å². The molecule has 0 aliphatic rings. The van der Waals surface area contributed by atoms with Gasteiger partial charge in [0.2, 0.25) is 0 Å². The number of hydrogen-bond acceptors (Lipinski definition) is 2. The van der Waals surface area contributed by atoms with E-state index in [1.165, 1.54) is 15.8 Å². The zero-order valence-corrected chi connectivity index (χ0v) is 12.7. The monoisotopic (exact) mass is 327 g/mol. The van der Waals surface area contributed by atoms with Crippen molar-refractivity contribution in [3.05, 3.63) is 50.4 Å². The summed E-state index contributed by atoms with van der Waals surface area (Å²) in [5, 5.41) is 3.22. The van der Waals surface area contributed by atoms with E-state index in [0.29, 0.717) is 5.69 Å². The van der Waals surface area contributed by atoms with Crippen LogP contribution in [0.1, 0.15) is 29.6 Å². The molecule has 1 nitrogen and oxygen atoms in total. The normalized spacial score (nSPS) is 12.4. The predicted molar refractivity (Wildman–Crippen MR) is 79.8 cm³/mol. The van der Waals surface area contributed by atoms with E-state index < -0.39 is 0 Å². The summed E-state index contributed by atoms with van der Waals surface area (Å²) < 4.78 is 14.5. The van der Waals surface area contributed by atoms with Crippen molar-refractivity contribution in [2.24, 2.45) is 0 Å². The van der Waals surface area contributed by atoms with Gasteiger partial charge in [0.1, 0.15) is 5.82 Å². The highest BCUT2D eigenvalue weighted by Crippen LogP contribution is 2.31. The molecule has 96 valence electrons. The summed E-state index contributed by atoms with van der Waals surface area (Å²) in [6.07, 6.45) is 1.04. The van der Waals surface area contributed by atoms with Gasteiger partial charge in [0.15, 0.2) is 0 Å². The third-order valence-electron chi connectivity index (χ3n) is 2.78. The molecular weight excluding hydrogens is 313 g/mol. The van der Waals surface area contributed by atoms with Crippen LogP contribution in [0.3, 0.4) is 0 Å². The molecular formula is C14H15BrFNS. The summed E-state index contributed by atoms with van der Waals surface area (Å²) in [5.41, 5.74) is 0.524. The number of anilines is 1. The number of rotatable bonds is 4. The molecule has 0 radical (unpaired) electrons. The minimum Gasteiger partial charge on any atom is -0.374 e. The molecule has 0 saturated carbocycles. The summed E-state index contributed by atoms with van der Waals surface area (Å²) >= 11 is 5.14. The first-order valence-electron chi connectivity index (χ1n) is 5.91. The van der Waals surface area contributed by atoms with E-state index in [9.17, 15) is 4.39 Å². The first-order valence-corrected chi connectivity index (χ1v) is 7.52. The van der Waals surface area contributed by atoms with Crippen molar-refractivity contribution in [3.63, 3.8) is 0 Å². The van der Waals surface area contributed by atoms with Crippen LogP contribution in [-0.2, 0) is 6.42 Å². The second-order valence-corrected chi connectivity index (χ2v) is 6.17. The molecule has 2 aromatic rings. The molecule has 0 saturated heterocycles. The quantitative estimate of drug-likeness (QED) is 0.794. The summed E-state index contributed by atoms with van der Waals surface area (Å²) in [7, 11) is 0. The first-order chi connectivity index (χ1) is 8.61. The lowest BCUT2D eigenvalue weighted by atomic mass is 10.2. The topological polar surface area (TPSA) is 12.0 Å².